The van der Waals surface area contributed by atoms with Crippen LogP contribution in [0.1, 0.15) is 55.3 Å². The van der Waals surface area contributed by atoms with E-state index in [4.69, 9.17) is 0 Å². The summed E-state index contributed by atoms with van der Waals surface area (Å²) in [7, 11) is 0. The van der Waals surface area contributed by atoms with Gasteiger partial charge in [-0.2, -0.15) is 0 Å². The van der Waals surface area contributed by atoms with Crippen molar-refractivity contribution in [3.8, 4) is 0 Å². The number of hydrogen-bond donors (Lipinski definition) is 2. The minimum Gasteiger partial charge on any atom is -0.382 e. The molecule has 2 fully saturated rings. The fourth-order valence-electron chi connectivity index (χ4n) is 4.84. The Kier molecular flexibility index (Phi) is 4.07. The molecule has 0 aromatic heterocycles. The fourth-order valence-corrected chi connectivity index (χ4v) is 4.84. The van der Waals surface area contributed by atoms with Crippen LogP contribution in [0.3, 0.4) is 0 Å². The third-order valence-electron chi connectivity index (χ3n) is 6.21. The predicted molar refractivity (Wildman–Crippen MR) is 107 cm³/mol. The number of imide groups is 1. The topological polar surface area (TPSA) is 78.5 Å². The van der Waals surface area contributed by atoms with Crippen LogP contribution in [0.25, 0.3) is 10.8 Å². The Morgan fingerprint density at radius 1 is 0.964 bits per heavy atom. The summed E-state index contributed by atoms with van der Waals surface area (Å²) in [5.74, 6) is -0.831. The van der Waals surface area contributed by atoms with Gasteiger partial charge in [0.05, 0.1) is 11.3 Å². The summed E-state index contributed by atoms with van der Waals surface area (Å²) in [5, 5.41) is 7.96. The maximum Gasteiger partial charge on any atom is 0.259 e. The molecular weight excluding hydrogens is 354 g/mol. The Bertz CT molecular complexity index is 994. The standard InChI is InChI=1S/C22H23N3O3/c26-19-12-11-18(21(27)24-19)25-17-8-4-7-14-16(23-13-5-2-1-3-6-13)10-9-15(20(14)17)22(25)28/h4,7-10,13,18,23H,1-3,5-6,11-12H2,(H,24,26,27). The first-order valence-electron chi connectivity index (χ1n) is 10.1. The van der Waals surface area contributed by atoms with Crippen LogP contribution in [0, 0.1) is 0 Å². The van der Waals surface area contributed by atoms with Crippen LogP contribution in [0.2, 0.25) is 0 Å². The number of amides is 3. The monoisotopic (exact) mass is 377 g/mol. The van der Waals surface area contributed by atoms with E-state index in [9.17, 15) is 14.4 Å². The molecule has 1 aliphatic carbocycles. The van der Waals surface area contributed by atoms with E-state index in [1.54, 1.807) is 4.90 Å². The third-order valence-corrected chi connectivity index (χ3v) is 6.21. The molecule has 0 spiro atoms. The molecule has 6 heteroatoms. The van der Waals surface area contributed by atoms with Gasteiger partial charge in [0.25, 0.3) is 5.91 Å². The number of carbonyl (C=O) groups is 3. The van der Waals surface area contributed by atoms with Gasteiger partial charge >= 0.3 is 0 Å². The molecule has 2 heterocycles. The molecule has 0 radical (unpaired) electrons. The molecule has 28 heavy (non-hydrogen) atoms. The van der Waals surface area contributed by atoms with E-state index in [2.05, 4.69) is 10.6 Å². The van der Waals surface area contributed by atoms with E-state index < -0.39 is 11.9 Å². The Hall–Kier alpha value is -2.89. The Labute approximate surface area is 163 Å². The summed E-state index contributed by atoms with van der Waals surface area (Å²) in [6, 6.07) is 9.55. The second kappa shape index (κ2) is 6.62. The van der Waals surface area contributed by atoms with Crippen molar-refractivity contribution in [3.63, 3.8) is 0 Å². The van der Waals surface area contributed by atoms with Gasteiger partial charge in [0.15, 0.2) is 0 Å². The van der Waals surface area contributed by atoms with Gasteiger partial charge in [0.1, 0.15) is 6.04 Å². The number of piperidine rings is 1. The first kappa shape index (κ1) is 17.2. The largest absolute Gasteiger partial charge is 0.382 e. The summed E-state index contributed by atoms with van der Waals surface area (Å²) >= 11 is 0. The summed E-state index contributed by atoms with van der Waals surface area (Å²) < 4.78 is 0. The zero-order chi connectivity index (χ0) is 19.3. The van der Waals surface area contributed by atoms with Crippen LogP contribution in [-0.4, -0.2) is 29.8 Å². The molecule has 3 aliphatic rings. The van der Waals surface area contributed by atoms with Gasteiger partial charge in [0.2, 0.25) is 11.8 Å². The van der Waals surface area contributed by atoms with Gasteiger partial charge in [0, 0.05) is 28.9 Å². The van der Waals surface area contributed by atoms with E-state index in [0.29, 0.717) is 18.0 Å². The Morgan fingerprint density at radius 2 is 1.79 bits per heavy atom. The van der Waals surface area contributed by atoms with E-state index >= 15 is 0 Å². The highest BCUT2D eigenvalue weighted by Gasteiger charge is 2.40. The number of nitrogens with one attached hydrogen (secondary N) is 2. The van der Waals surface area contributed by atoms with Crippen LogP contribution < -0.4 is 15.5 Å². The molecule has 1 saturated carbocycles. The van der Waals surface area contributed by atoms with Crippen LogP contribution in [0.5, 0.6) is 0 Å². The highest BCUT2D eigenvalue weighted by molar-refractivity contribution is 6.28. The smallest absolute Gasteiger partial charge is 0.259 e. The SMILES string of the molecule is O=C1CCC(N2C(=O)c3ccc(NC4CCCCC4)c4cccc2c34)C(=O)N1. The maximum atomic E-state index is 13.1. The quantitative estimate of drug-likeness (QED) is 0.804. The number of benzene rings is 2. The molecule has 5 rings (SSSR count). The number of anilines is 2. The van der Waals surface area contributed by atoms with Crippen LogP contribution in [0.4, 0.5) is 11.4 Å². The van der Waals surface area contributed by atoms with E-state index in [-0.39, 0.29) is 18.2 Å². The van der Waals surface area contributed by atoms with Gasteiger partial charge in [-0.25, -0.2) is 0 Å². The minimum absolute atomic E-state index is 0.162. The Morgan fingerprint density at radius 3 is 2.57 bits per heavy atom. The van der Waals surface area contributed by atoms with Crippen molar-refractivity contribution in [2.75, 3.05) is 10.2 Å². The number of rotatable bonds is 3. The fraction of sp³-hybridized carbons (Fsp3) is 0.409. The molecule has 1 unspecified atom stereocenters. The lowest BCUT2D eigenvalue weighted by molar-refractivity contribution is -0.134. The first-order valence-corrected chi connectivity index (χ1v) is 10.1. The average Bonchev–Trinajstić information content (AvgIpc) is 2.98. The molecule has 1 atom stereocenters. The number of nitrogens with zero attached hydrogens (tertiary/aromatic N) is 1. The van der Waals surface area contributed by atoms with Crippen molar-refractivity contribution in [2.24, 2.45) is 0 Å². The van der Waals surface area contributed by atoms with E-state index in [1.807, 2.05) is 30.3 Å². The number of hydrogen-bond acceptors (Lipinski definition) is 4. The van der Waals surface area contributed by atoms with Crippen molar-refractivity contribution in [1.29, 1.82) is 0 Å². The average molecular weight is 377 g/mol. The second-order valence-corrected chi connectivity index (χ2v) is 7.98. The van der Waals surface area contributed by atoms with Crippen LogP contribution in [-0.2, 0) is 9.59 Å². The summed E-state index contributed by atoms with van der Waals surface area (Å²) in [5.41, 5.74) is 2.44. The van der Waals surface area contributed by atoms with Crippen LogP contribution >= 0.6 is 0 Å². The van der Waals surface area contributed by atoms with Crippen molar-refractivity contribution in [1.82, 2.24) is 5.32 Å². The highest BCUT2D eigenvalue weighted by atomic mass is 16.2. The lowest BCUT2D eigenvalue weighted by Crippen LogP contribution is -2.53. The minimum atomic E-state index is -0.641. The molecule has 0 bridgehead atoms. The maximum absolute atomic E-state index is 13.1. The van der Waals surface area contributed by atoms with Gasteiger partial charge in [-0.1, -0.05) is 31.4 Å². The highest BCUT2D eigenvalue weighted by Crippen LogP contribution is 2.42. The van der Waals surface area contributed by atoms with Gasteiger partial charge in [-0.15, -0.1) is 0 Å². The van der Waals surface area contributed by atoms with Gasteiger partial charge < -0.3 is 5.32 Å². The lowest BCUT2D eigenvalue weighted by Gasteiger charge is -2.30. The van der Waals surface area contributed by atoms with Crippen molar-refractivity contribution in [3.05, 3.63) is 35.9 Å². The molecular formula is C22H23N3O3. The molecule has 2 N–H and O–H groups in total. The third kappa shape index (κ3) is 2.66. The molecule has 1 saturated heterocycles. The van der Waals surface area contributed by atoms with E-state index in [0.717, 1.165) is 22.1 Å². The zero-order valence-corrected chi connectivity index (χ0v) is 15.7. The lowest BCUT2D eigenvalue weighted by atomic mass is 9.94. The number of carbonyl (C=O) groups excluding carboxylic acids is 3. The molecule has 3 amide bonds. The second-order valence-electron chi connectivity index (χ2n) is 7.98. The molecule has 2 aliphatic heterocycles. The molecule has 6 nitrogen and oxygen atoms in total. The summed E-state index contributed by atoms with van der Waals surface area (Å²) in [6.07, 6.45) is 6.75. The van der Waals surface area contributed by atoms with Crippen molar-refractivity contribution >= 4 is 39.9 Å². The van der Waals surface area contributed by atoms with Crippen molar-refractivity contribution in [2.45, 2.75) is 57.0 Å². The van der Waals surface area contributed by atoms with Gasteiger partial charge in [-0.05, 0) is 37.5 Å². The predicted octanol–water partition coefficient (Wildman–Crippen LogP) is 3.35. The van der Waals surface area contributed by atoms with Crippen molar-refractivity contribution < 1.29 is 14.4 Å². The zero-order valence-electron chi connectivity index (χ0n) is 15.7. The molecule has 2 aromatic carbocycles. The van der Waals surface area contributed by atoms with Gasteiger partial charge in [-0.3, -0.25) is 24.6 Å². The first-order chi connectivity index (χ1) is 13.6. The Balaban J connectivity index is 1.55. The summed E-state index contributed by atoms with van der Waals surface area (Å²) in [4.78, 5) is 38.6. The van der Waals surface area contributed by atoms with E-state index in [1.165, 1.54) is 32.1 Å². The normalized spacial score (nSPS) is 22.6. The summed E-state index contributed by atoms with van der Waals surface area (Å²) in [6.45, 7) is 0. The molecule has 2 aromatic rings. The molecule has 144 valence electrons. The van der Waals surface area contributed by atoms with Crippen LogP contribution in [0.15, 0.2) is 30.3 Å².